The van der Waals surface area contributed by atoms with E-state index in [0.29, 0.717) is 17.9 Å². The van der Waals surface area contributed by atoms with Gasteiger partial charge in [-0.05, 0) is 61.6 Å². The quantitative estimate of drug-likeness (QED) is 0.319. The number of morpholine rings is 1. The van der Waals surface area contributed by atoms with Crippen molar-refractivity contribution in [1.82, 2.24) is 4.90 Å². The number of hydrogen-bond donors (Lipinski definition) is 1. The Morgan fingerprint density at radius 1 is 1.14 bits per heavy atom. The number of carbonyl (C=O) groups is 2. The number of nitrogens with one attached hydrogen (secondary N) is 1. The first-order valence-corrected chi connectivity index (χ1v) is 13.3. The van der Waals surface area contributed by atoms with Crippen molar-refractivity contribution < 1.29 is 29.1 Å². The predicted molar refractivity (Wildman–Crippen MR) is 140 cm³/mol. The number of ether oxygens (including phenoxy) is 2. The van der Waals surface area contributed by atoms with Crippen molar-refractivity contribution in [2.75, 3.05) is 39.4 Å². The minimum absolute atomic E-state index is 0.00647. The van der Waals surface area contributed by atoms with Gasteiger partial charge < -0.3 is 24.4 Å². The van der Waals surface area contributed by atoms with Gasteiger partial charge in [-0.2, -0.15) is 0 Å². The monoisotopic (exact) mass is 506 g/mol. The van der Waals surface area contributed by atoms with Gasteiger partial charge in [-0.3, -0.25) is 9.59 Å². The van der Waals surface area contributed by atoms with E-state index in [9.17, 15) is 14.7 Å². The second-order valence-electron chi connectivity index (χ2n) is 10.2. The summed E-state index contributed by atoms with van der Waals surface area (Å²) < 4.78 is 11.3. The minimum atomic E-state index is -0.701. The van der Waals surface area contributed by atoms with Gasteiger partial charge in [0, 0.05) is 18.5 Å². The summed E-state index contributed by atoms with van der Waals surface area (Å²) in [6, 6.07) is 12.4. The van der Waals surface area contributed by atoms with Crippen LogP contribution < -0.4 is 14.7 Å². The third kappa shape index (κ3) is 6.05. The fraction of sp³-hybridized carbons (Fsp3) is 0.467. The van der Waals surface area contributed by atoms with E-state index in [2.05, 4.69) is 6.92 Å². The normalized spacial score (nSPS) is 20.1. The number of carbonyl (C=O) groups excluding carboxylic acids is 2. The van der Waals surface area contributed by atoms with Crippen LogP contribution in [0.5, 0.6) is 5.75 Å². The van der Waals surface area contributed by atoms with E-state index in [0.717, 1.165) is 62.4 Å². The van der Waals surface area contributed by atoms with Gasteiger partial charge in [0.1, 0.15) is 18.8 Å². The SMILES string of the molecule is CCc1ccc(C2C(=C([O-])c3ccc(OC(C)C)c(C)c3)C(=O)C(=O)N2CCC[NH+]2CCOCC2)cc1. The van der Waals surface area contributed by atoms with Gasteiger partial charge in [-0.25, -0.2) is 0 Å². The van der Waals surface area contributed by atoms with Gasteiger partial charge in [-0.1, -0.05) is 43.0 Å². The Hall–Kier alpha value is -3.16. The lowest BCUT2D eigenvalue weighted by atomic mass is 9.94. The summed E-state index contributed by atoms with van der Waals surface area (Å²) in [4.78, 5) is 29.6. The summed E-state index contributed by atoms with van der Waals surface area (Å²) in [6.07, 6.45) is 1.64. The fourth-order valence-corrected chi connectivity index (χ4v) is 5.12. The minimum Gasteiger partial charge on any atom is -0.872 e. The van der Waals surface area contributed by atoms with Crippen LogP contribution in [0.15, 0.2) is 48.0 Å². The molecule has 2 aromatic carbocycles. The first kappa shape index (κ1) is 26.9. The van der Waals surface area contributed by atoms with Crippen molar-refractivity contribution in [2.45, 2.75) is 52.7 Å². The Kier molecular flexibility index (Phi) is 8.67. The summed E-state index contributed by atoms with van der Waals surface area (Å²) in [5.41, 5.74) is 3.18. The molecule has 1 unspecified atom stereocenters. The highest BCUT2D eigenvalue weighted by Gasteiger charge is 2.44. The maximum atomic E-state index is 13.8. The maximum absolute atomic E-state index is 13.8. The summed E-state index contributed by atoms with van der Waals surface area (Å²) in [7, 11) is 0. The molecule has 0 saturated carbocycles. The summed E-state index contributed by atoms with van der Waals surface area (Å²) in [6.45, 7) is 12.5. The van der Waals surface area contributed by atoms with Gasteiger partial charge in [0.25, 0.3) is 5.91 Å². The van der Waals surface area contributed by atoms with E-state index in [1.165, 1.54) is 4.90 Å². The Balaban J connectivity index is 1.68. The molecule has 1 amide bonds. The summed E-state index contributed by atoms with van der Waals surface area (Å²) >= 11 is 0. The van der Waals surface area contributed by atoms with Crippen LogP contribution in [0.1, 0.15) is 55.5 Å². The van der Waals surface area contributed by atoms with Crippen LogP contribution in [0.3, 0.4) is 0 Å². The zero-order chi connectivity index (χ0) is 26.5. The van der Waals surface area contributed by atoms with Crippen molar-refractivity contribution in [2.24, 2.45) is 0 Å². The lowest BCUT2D eigenvalue weighted by molar-refractivity contribution is -0.908. The molecule has 2 aliphatic rings. The number of hydrogen-bond acceptors (Lipinski definition) is 5. The Bertz CT molecular complexity index is 1150. The molecule has 2 saturated heterocycles. The first-order valence-electron chi connectivity index (χ1n) is 13.3. The number of Topliss-reactive ketones (excluding diaryl/α,β-unsaturated/α-hetero) is 1. The zero-order valence-corrected chi connectivity index (χ0v) is 22.3. The van der Waals surface area contributed by atoms with Gasteiger partial charge in [0.2, 0.25) is 5.78 Å². The molecule has 37 heavy (non-hydrogen) atoms. The van der Waals surface area contributed by atoms with E-state index in [4.69, 9.17) is 9.47 Å². The Labute approximate surface area is 219 Å². The smallest absolute Gasteiger partial charge is 0.295 e. The molecule has 0 aliphatic carbocycles. The predicted octanol–water partition coefficient (Wildman–Crippen LogP) is 1.87. The highest BCUT2D eigenvalue weighted by Crippen LogP contribution is 2.39. The summed E-state index contributed by atoms with van der Waals surface area (Å²) in [5.74, 6) is -0.998. The van der Waals surface area contributed by atoms with Crippen molar-refractivity contribution >= 4 is 17.4 Å². The number of rotatable bonds is 9. The first-order chi connectivity index (χ1) is 17.8. The average Bonchev–Trinajstić information content (AvgIpc) is 3.15. The number of benzene rings is 2. The molecule has 7 nitrogen and oxygen atoms in total. The molecule has 1 N–H and O–H groups in total. The van der Waals surface area contributed by atoms with Crippen molar-refractivity contribution in [3.63, 3.8) is 0 Å². The van der Waals surface area contributed by atoms with Crippen LogP contribution in [-0.2, 0) is 20.7 Å². The van der Waals surface area contributed by atoms with Crippen molar-refractivity contribution in [3.05, 3.63) is 70.3 Å². The van der Waals surface area contributed by atoms with Crippen LogP contribution in [0, 0.1) is 6.92 Å². The van der Waals surface area contributed by atoms with Gasteiger partial charge in [0.05, 0.1) is 31.9 Å². The molecule has 2 aromatic rings. The molecule has 4 rings (SSSR count). The number of likely N-dealkylation sites (tertiary alicyclic amines) is 1. The van der Waals surface area contributed by atoms with Gasteiger partial charge in [-0.15, -0.1) is 0 Å². The third-order valence-electron chi connectivity index (χ3n) is 7.16. The number of aryl methyl sites for hydroxylation is 2. The molecule has 0 aromatic heterocycles. The molecule has 2 aliphatic heterocycles. The van der Waals surface area contributed by atoms with Crippen LogP contribution in [0.4, 0.5) is 0 Å². The Morgan fingerprint density at radius 2 is 1.84 bits per heavy atom. The van der Waals surface area contributed by atoms with Crippen molar-refractivity contribution in [1.29, 1.82) is 0 Å². The fourth-order valence-electron chi connectivity index (χ4n) is 5.12. The van der Waals surface area contributed by atoms with E-state index in [1.54, 1.807) is 23.1 Å². The van der Waals surface area contributed by atoms with E-state index < -0.39 is 23.5 Å². The number of nitrogens with zero attached hydrogens (tertiary/aromatic N) is 1. The third-order valence-corrected chi connectivity index (χ3v) is 7.16. The van der Waals surface area contributed by atoms with Gasteiger partial charge in [0.15, 0.2) is 0 Å². The molecule has 0 bridgehead atoms. The second-order valence-corrected chi connectivity index (χ2v) is 10.2. The molecule has 2 fully saturated rings. The Morgan fingerprint density at radius 3 is 2.46 bits per heavy atom. The topological polar surface area (TPSA) is 83.3 Å². The molecule has 198 valence electrons. The van der Waals surface area contributed by atoms with Crippen LogP contribution in [0.2, 0.25) is 0 Å². The van der Waals surface area contributed by atoms with E-state index in [-0.39, 0.29) is 11.7 Å². The lowest BCUT2D eigenvalue weighted by Crippen LogP contribution is -3.14. The van der Waals surface area contributed by atoms with Crippen LogP contribution >= 0.6 is 0 Å². The molecular formula is C30H38N2O5. The number of ketones is 1. The average molecular weight is 507 g/mol. The maximum Gasteiger partial charge on any atom is 0.295 e. The largest absolute Gasteiger partial charge is 0.872 e. The van der Waals surface area contributed by atoms with Crippen LogP contribution in [0.25, 0.3) is 5.76 Å². The van der Waals surface area contributed by atoms with Gasteiger partial charge >= 0.3 is 0 Å². The molecule has 0 radical (unpaired) electrons. The molecule has 0 spiro atoms. The second kappa shape index (κ2) is 11.9. The van der Waals surface area contributed by atoms with E-state index >= 15 is 0 Å². The van der Waals surface area contributed by atoms with Crippen LogP contribution in [-0.4, -0.2) is 62.1 Å². The highest BCUT2D eigenvalue weighted by atomic mass is 16.5. The van der Waals surface area contributed by atoms with E-state index in [1.807, 2.05) is 45.0 Å². The molecular weight excluding hydrogens is 468 g/mol. The van der Waals surface area contributed by atoms with Crippen molar-refractivity contribution in [3.8, 4) is 5.75 Å². The lowest BCUT2D eigenvalue weighted by Gasteiger charge is -2.29. The molecule has 7 heteroatoms. The molecule has 2 heterocycles. The zero-order valence-electron chi connectivity index (χ0n) is 22.3. The number of amides is 1. The number of quaternary nitrogens is 1. The molecule has 1 atom stereocenters. The summed E-state index contributed by atoms with van der Waals surface area (Å²) in [5, 5.41) is 13.8. The highest BCUT2D eigenvalue weighted by molar-refractivity contribution is 6.46. The standard InChI is InChI=1S/C30H38N2O5/c1-5-22-7-9-23(10-8-22)27-26(28(33)24-11-12-25(21(4)19-24)37-20(2)3)29(34)30(35)32(27)14-6-13-31-15-17-36-18-16-31/h7-12,19-20,27,33H,5-6,13-18H2,1-4H3.